The number of nitrogens with one attached hydrogen (secondary N) is 1. The van der Waals surface area contributed by atoms with Crippen LogP contribution in [-0.4, -0.2) is 34.4 Å². The summed E-state index contributed by atoms with van der Waals surface area (Å²) in [5, 5.41) is 8.63. The van der Waals surface area contributed by atoms with Crippen LogP contribution in [0.25, 0.3) is 5.69 Å². The number of ketones is 1. The number of benzene rings is 2. The number of fused-ring (bicyclic) bond motifs is 2. The highest BCUT2D eigenvalue weighted by Crippen LogP contribution is 2.45. The standard InChI is InChI=1S/C26H25ClN4O3/c1-14-13-19-22(24(32)20(14)26(33)34-3)23(29-18-12-8-7-11-17(18)28-19)21-15(2)30-31(25(21)27)16-9-5-4-6-10-16/h4-12,14,20,22-23,29H,13H2,1-3H3. The van der Waals surface area contributed by atoms with E-state index >= 15 is 0 Å². The maximum atomic E-state index is 13.9. The molecule has 1 aromatic heterocycles. The second-order valence-electron chi connectivity index (χ2n) is 8.84. The number of anilines is 1. The van der Waals surface area contributed by atoms with Crippen molar-refractivity contribution in [2.24, 2.45) is 22.7 Å². The van der Waals surface area contributed by atoms with Crippen molar-refractivity contribution in [3.63, 3.8) is 0 Å². The van der Waals surface area contributed by atoms with Crippen molar-refractivity contribution in [2.75, 3.05) is 12.4 Å². The number of aliphatic imine (C=N–C) groups is 1. The molecule has 34 heavy (non-hydrogen) atoms. The fourth-order valence-electron chi connectivity index (χ4n) is 5.10. The summed E-state index contributed by atoms with van der Waals surface area (Å²) in [4.78, 5) is 31.3. The number of hydrogen-bond donors (Lipinski definition) is 1. The zero-order valence-corrected chi connectivity index (χ0v) is 19.9. The molecule has 4 atom stereocenters. The van der Waals surface area contributed by atoms with Gasteiger partial charge in [0.1, 0.15) is 11.1 Å². The monoisotopic (exact) mass is 476 g/mol. The number of nitrogens with zero attached hydrogens (tertiary/aromatic N) is 3. The van der Waals surface area contributed by atoms with E-state index in [0.29, 0.717) is 22.8 Å². The van der Waals surface area contributed by atoms with Crippen molar-refractivity contribution in [3.05, 3.63) is 71.0 Å². The second kappa shape index (κ2) is 8.72. The van der Waals surface area contributed by atoms with Gasteiger partial charge in [-0.3, -0.25) is 14.6 Å². The van der Waals surface area contributed by atoms with E-state index in [4.69, 9.17) is 26.4 Å². The van der Waals surface area contributed by atoms with Gasteiger partial charge in [0.25, 0.3) is 0 Å². The second-order valence-corrected chi connectivity index (χ2v) is 9.20. The maximum Gasteiger partial charge on any atom is 0.316 e. The Hall–Kier alpha value is -3.45. The number of ether oxygens (including phenoxy) is 1. The molecule has 4 unspecified atom stereocenters. The molecule has 174 valence electrons. The third kappa shape index (κ3) is 3.60. The van der Waals surface area contributed by atoms with Crippen LogP contribution in [0, 0.1) is 24.7 Å². The van der Waals surface area contributed by atoms with Gasteiger partial charge in [-0.2, -0.15) is 5.10 Å². The van der Waals surface area contributed by atoms with Crippen LogP contribution in [0.2, 0.25) is 5.15 Å². The van der Waals surface area contributed by atoms with Crippen LogP contribution in [0.4, 0.5) is 11.4 Å². The molecule has 2 aromatic carbocycles. The molecule has 3 aromatic rings. The molecule has 0 amide bonds. The number of carbonyl (C=O) groups excluding carboxylic acids is 2. The van der Waals surface area contributed by atoms with E-state index in [1.807, 2.05) is 68.4 Å². The summed E-state index contributed by atoms with van der Waals surface area (Å²) >= 11 is 6.93. The summed E-state index contributed by atoms with van der Waals surface area (Å²) in [5.74, 6) is -2.48. The fourth-order valence-corrected chi connectivity index (χ4v) is 5.49. The number of carbonyl (C=O) groups is 2. The highest BCUT2D eigenvalue weighted by Gasteiger charge is 2.49. The summed E-state index contributed by atoms with van der Waals surface area (Å²) in [6.45, 7) is 3.77. The van der Waals surface area contributed by atoms with Crippen molar-refractivity contribution in [1.29, 1.82) is 0 Å². The summed E-state index contributed by atoms with van der Waals surface area (Å²) in [6.07, 6.45) is 0.506. The highest BCUT2D eigenvalue weighted by molar-refractivity contribution is 6.31. The molecule has 8 heteroatoms. The first kappa shape index (κ1) is 22.3. The van der Waals surface area contributed by atoms with Gasteiger partial charge in [0.05, 0.1) is 41.8 Å². The Kier molecular flexibility index (Phi) is 5.73. The van der Waals surface area contributed by atoms with Gasteiger partial charge in [-0.25, -0.2) is 4.68 Å². The average Bonchev–Trinajstić information content (AvgIpc) is 3.02. The first-order chi connectivity index (χ1) is 16.4. The predicted molar refractivity (Wildman–Crippen MR) is 131 cm³/mol. The molecule has 2 aliphatic rings. The van der Waals surface area contributed by atoms with Crippen molar-refractivity contribution in [2.45, 2.75) is 26.3 Å². The summed E-state index contributed by atoms with van der Waals surface area (Å²) in [5.41, 5.74) is 4.53. The fraction of sp³-hybridized carbons (Fsp3) is 0.308. The van der Waals surface area contributed by atoms with E-state index in [2.05, 4.69) is 5.32 Å². The molecule has 0 saturated heterocycles. The van der Waals surface area contributed by atoms with E-state index in [1.165, 1.54) is 7.11 Å². The van der Waals surface area contributed by atoms with Crippen LogP contribution in [0.1, 0.15) is 30.6 Å². The number of para-hydroxylation sites is 3. The minimum absolute atomic E-state index is 0.211. The van der Waals surface area contributed by atoms with Crippen molar-refractivity contribution in [1.82, 2.24) is 9.78 Å². The lowest BCUT2D eigenvalue weighted by molar-refractivity contribution is -0.152. The molecule has 0 spiro atoms. The van der Waals surface area contributed by atoms with Crippen LogP contribution in [-0.2, 0) is 14.3 Å². The van der Waals surface area contributed by atoms with Crippen LogP contribution in [0.5, 0.6) is 0 Å². The third-order valence-corrected chi connectivity index (χ3v) is 7.06. The molecule has 1 aliphatic carbocycles. The Labute approximate surface area is 202 Å². The number of aromatic nitrogens is 2. The van der Waals surface area contributed by atoms with E-state index in [-0.39, 0.29) is 11.7 Å². The van der Waals surface area contributed by atoms with Gasteiger partial charge >= 0.3 is 5.97 Å². The number of aryl methyl sites for hydroxylation is 1. The Balaban J connectivity index is 1.68. The van der Waals surface area contributed by atoms with E-state index in [9.17, 15) is 9.59 Å². The number of halogens is 1. The molecule has 0 radical (unpaired) electrons. The zero-order valence-electron chi connectivity index (χ0n) is 19.2. The molecule has 1 aliphatic heterocycles. The molecular formula is C26H25ClN4O3. The van der Waals surface area contributed by atoms with Gasteiger partial charge in [-0.15, -0.1) is 0 Å². The molecule has 5 rings (SSSR count). The topological polar surface area (TPSA) is 85.6 Å². The Morgan fingerprint density at radius 3 is 2.59 bits per heavy atom. The van der Waals surface area contributed by atoms with Crippen molar-refractivity contribution in [3.8, 4) is 5.69 Å². The molecule has 1 fully saturated rings. The van der Waals surface area contributed by atoms with E-state index in [0.717, 1.165) is 22.8 Å². The number of esters is 1. The Bertz CT molecular complexity index is 1300. The van der Waals surface area contributed by atoms with Crippen molar-refractivity contribution >= 4 is 40.4 Å². The third-order valence-electron chi connectivity index (χ3n) is 6.70. The molecule has 2 heterocycles. The van der Waals surface area contributed by atoms with Crippen LogP contribution >= 0.6 is 11.6 Å². The zero-order chi connectivity index (χ0) is 24.0. The van der Waals surface area contributed by atoms with Gasteiger partial charge in [-0.1, -0.05) is 48.9 Å². The largest absolute Gasteiger partial charge is 0.468 e. The number of hydrogen-bond acceptors (Lipinski definition) is 6. The molecule has 0 bridgehead atoms. The SMILES string of the molecule is COC(=O)C1C(=O)C2C(=Nc3ccccc3NC2c2c(C)nn(-c3ccccc3)c2Cl)CC1C. The number of rotatable bonds is 3. The Morgan fingerprint density at radius 2 is 1.85 bits per heavy atom. The average molecular weight is 477 g/mol. The predicted octanol–water partition coefficient (Wildman–Crippen LogP) is 5.09. The lowest BCUT2D eigenvalue weighted by Gasteiger charge is -2.36. The molecular weight excluding hydrogens is 452 g/mol. The number of Topliss-reactive ketones (excluding diaryl/α,β-unsaturated/α-hetero) is 1. The van der Waals surface area contributed by atoms with Crippen LogP contribution in [0.3, 0.4) is 0 Å². The van der Waals surface area contributed by atoms with E-state index < -0.39 is 23.8 Å². The normalized spacial score (nSPS) is 23.8. The minimum atomic E-state index is -0.859. The number of methoxy groups -OCH3 is 1. The van der Waals surface area contributed by atoms with Gasteiger partial charge in [0.15, 0.2) is 5.78 Å². The van der Waals surface area contributed by atoms with Gasteiger partial charge in [0, 0.05) is 11.3 Å². The lowest BCUT2D eigenvalue weighted by atomic mass is 9.69. The highest BCUT2D eigenvalue weighted by atomic mass is 35.5. The molecule has 7 nitrogen and oxygen atoms in total. The minimum Gasteiger partial charge on any atom is -0.468 e. The van der Waals surface area contributed by atoms with Gasteiger partial charge in [-0.05, 0) is 43.5 Å². The van der Waals surface area contributed by atoms with Gasteiger partial charge in [0.2, 0.25) is 0 Å². The Morgan fingerprint density at radius 1 is 1.15 bits per heavy atom. The first-order valence-electron chi connectivity index (χ1n) is 11.3. The quantitative estimate of drug-likeness (QED) is 0.420. The molecule has 1 N–H and O–H groups in total. The maximum absolute atomic E-state index is 13.9. The van der Waals surface area contributed by atoms with Crippen molar-refractivity contribution < 1.29 is 14.3 Å². The first-order valence-corrected chi connectivity index (χ1v) is 11.6. The molecule has 1 saturated carbocycles. The lowest BCUT2D eigenvalue weighted by Crippen LogP contribution is -2.47. The smallest absolute Gasteiger partial charge is 0.316 e. The summed E-state index contributed by atoms with van der Waals surface area (Å²) in [6, 6.07) is 16.7. The summed E-state index contributed by atoms with van der Waals surface area (Å²) in [7, 11) is 1.32. The summed E-state index contributed by atoms with van der Waals surface area (Å²) < 4.78 is 6.67. The van der Waals surface area contributed by atoms with E-state index in [1.54, 1.807) is 4.68 Å². The van der Waals surface area contributed by atoms with Crippen LogP contribution in [0.15, 0.2) is 59.6 Å². The van der Waals surface area contributed by atoms with Crippen LogP contribution < -0.4 is 5.32 Å². The van der Waals surface area contributed by atoms with Gasteiger partial charge < -0.3 is 10.1 Å².